The minimum absolute atomic E-state index is 0.265. The highest BCUT2D eigenvalue weighted by atomic mass is 32.2. The summed E-state index contributed by atoms with van der Waals surface area (Å²) in [6.07, 6.45) is 1.32. The summed E-state index contributed by atoms with van der Waals surface area (Å²) in [7, 11) is -2.87. The summed E-state index contributed by atoms with van der Waals surface area (Å²) in [5, 5.41) is 3.59. The summed E-state index contributed by atoms with van der Waals surface area (Å²) in [6.45, 7) is 11.4. The Morgan fingerprint density at radius 2 is 1.83 bits per heavy atom. The van der Waals surface area contributed by atoms with Crippen molar-refractivity contribution in [2.45, 2.75) is 39.8 Å². The molecule has 108 valence electrons. The van der Waals surface area contributed by atoms with E-state index in [2.05, 4.69) is 37.9 Å². The van der Waals surface area contributed by atoms with Crippen molar-refractivity contribution < 1.29 is 8.42 Å². The van der Waals surface area contributed by atoms with E-state index in [-0.39, 0.29) is 5.75 Å². The van der Waals surface area contributed by atoms with E-state index < -0.39 is 9.84 Å². The number of piperazine rings is 1. The van der Waals surface area contributed by atoms with Gasteiger partial charge in [0.05, 0.1) is 5.75 Å². The first-order valence-corrected chi connectivity index (χ1v) is 8.92. The fourth-order valence-electron chi connectivity index (χ4n) is 2.50. The molecule has 0 aromatic rings. The van der Waals surface area contributed by atoms with Crippen molar-refractivity contribution in [3.05, 3.63) is 0 Å². The van der Waals surface area contributed by atoms with E-state index in [0.717, 1.165) is 13.1 Å². The smallest absolute Gasteiger partial charge is 0.148 e. The van der Waals surface area contributed by atoms with Crippen LogP contribution in [0, 0.1) is 11.8 Å². The van der Waals surface area contributed by atoms with Gasteiger partial charge in [0.1, 0.15) is 9.84 Å². The Morgan fingerprint density at radius 1 is 1.22 bits per heavy atom. The topological polar surface area (TPSA) is 49.4 Å². The van der Waals surface area contributed by atoms with Crippen molar-refractivity contribution in [3.8, 4) is 0 Å². The number of hydrogen-bond donors (Lipinski definition) is 1. The molecule has 0 spiro atoms. The molecular weight excluding hydrogens is 248 g/mol. The largest absolute Gasteiger partial charge is 0.311 e. The summed E-state index contributed by atoms with van der Waals surface area (Å²) in [5.41, 5.74) is 0. The van der Waals surface area contributed by atoms with Gasteiger partial charge in [-0.25, -0.2) is 8.42 Å². The summed E-state index contributed by atoms with van der Waals surface area (Å²) in [6, 6.07) is 0.918. The SMILES string of the molecule is CC(C)C1CN(CCS(C)(=O)=O)C(C(C)C)CN1. The molecule has 1 saturated heterocycles. The van der Waals surface area contributed by atoms with Crippen LogP contribution in [0.15, 0.2) is 0 Å². The molecule has 2 atom stereocenters. The average Bonchev–Trinajstić information content (AvgIpc) is 2.24. The molecule has 1 fully saturated rings. The molecule has 0 aliphatic carbocycles. The van der Waals surface area contributed by atoms with Crippen LogP contribution in [0.5, 0.6) is 0 Å². The van der Waals surface area contributed by atoms with Gasteiger partial charge >= 0.3 is 0 Å². The molecule has 0 amide bonds. The van der Waals surface area contributed by atoms with Crippen LogP contribution in [0.25, 0.3) is 0 Å². The third-order valence-corrected chi connectivity index (χ3v) is 4.74. The van der Waals surface area contributed by atoms with Gasteiger partial charge in [-0.1, -0.05) is 27.7 Å². The lowest BCUT2D eigenvalue weighted by Gasteiger charge is -2.43. The molecule has 1 rings (SSSR count). The van der Waals surface area contributed by atoms with Gasteiger partial charge in [0.25, 0.3) is 0 Å². The minimum atomic E-state index is -2.87. The lowest BCUT2D eigenvalue weighted by Crippen LogP contribution is -2.60. The van der Waals surface area contributed by atoms with Gasteiger partial charge in [-0.05, 0) is 11.8 Å². The van der Waals surface area contributed by atoms with E-state index in [0.29, 0.717) is 30.5 Å². The standard InChI is InChI=1S/C13H28N2O2S/c1-10(2)12-9-15(6-7-18(5,16)17)13(8-14-12)11(3)4/h10-14H,6-9H2,1-5H3. The van der Waals surface area contributed by atoms with Gasteiger partial charge in [-0.3, -0.25) is 4.90 Å². The van der Waals surface area contributed by atoms with Crippen LogP contribution in [-0.4, -0.2) is 57.0 Å². The van der Waals surface area contributed by atoms with Gasteiger partial charge in [0.2, 0.25) is 0 Å². The maximum atomic E-state index is 11.3. The Labute approximate surface area is 112 Å². The van der Waals surface area contributed by atoms with Gasteiger partial charge < -0.3 is 5.32 Å². The van der Waals surface area contributed by atoms with E-state index in [4.69, 9.17) is 0 Å². The number of rotatable bonds is 5. The zero-order valence-corrected chi connectivity index (χ0v) is 13.1. The molecule has 1 aliphatic heterocycles. The molecule has 0 saturated carbocycles. The van der Waals surface area contributed by atoms with Crippen LogP contribution < -0.4 is 5.32 Å². The second-order valence-electron chi connectivity index (χ2n) is 6.19. The zero-order valence-electron chi connectivity index (χ0n) is 12.3. The first kappa shape index (κ1) is 15.9. The quantitative estimate of drug-likeness (QED) is 0.813. The first-order valence-electron chi connectivity index (χ1n) is 6.86. The van der Waals surface area contributed by atoms with Gasteiger partial charge in [0, 0.05) is 38.0 Å². The number of sulfone groups is 1. The molecule has 0 bridgehead atoms. The number of nitrogens with one attached hydrogen (secondary N) is 1. The fourth-order valence-corrected chi connectivity index (χ4v) is 3.06. The second-order valence-corrected chi connectivity index (χ2v) is 8.45. The number of hydrogen-bond acceptors (Lipinski definition) is 4. The van der Waals surface area contributed by atoms with Crippen molar-refractivity contribution >= 4 is 9.84 Å². The monoisotopic (exact) mass is 276 g/mol. The maximum Gasteiger partial charge on any atom is 0.148 e. The molecule has 0 aromatic heterocycles. The van der Waals surface area contributed by atoms with E-state index in [1.165, 1.54) is 6.26 Å². The average molecular weight is 276 g/mol. The molecule has 1 heterocycles. The molecule has 1 aliphatic rings. The Hall–Kier alpha value is -0.130. The summed E-state index contributed by atoms with van der Waals surface area (Å²) in [4.78, 5) is 2.35. The molecule has 1 N–H and O–H groups in total. The molecule has 5 heteroatoms. The molecule has 4 nitrogen and oxygen atoms in total. The number of nitrogens with zero attached hydrogens (tertiary/aromatic N) is 1. The van der Waals surface area contributed by atoms with E-state index in [1.54, 1.807) is 0 Å². The van der Waals surface area contributed by atoms with Crippen LogP contribution >= 0.6 is 0 Å². The van der Waals surface area contributed by atoms with Gasteiger partial charge in [-0.2, -0.15) is 0 Å². The lowest BCUT2D eigenvalue weighted by atomic mass is 9.94. The zero-order chi connectivity index (χ0) is 13.9. The van der Waals surface area contributed by atoms with Crippen LogP contribution in [0.1, 0.15) is 27.7 Å². The van der Waals surface area contributed by atoms with Gasteiger partial charge in [-0.15, -0.1) is 0 Å². The molecule has 2 unspecified atom stereocenters. The minimum Gasteiger partial charge on any atom is -0.311 e. The lowest BCUT2D eigenvalue weighted by molar-refractivity contribution is 0.0914. The second kappa shape index (κ2) is 6.35. The van der Waals surface area contributed by atoms with Crippen LogP contribution in [0.2, 0.25) is 0 Å². The van der Waals surface area contributed by atoms with Crippen LogP contribution in [0.4, 0.5) is 0 Å². The van der Waals surface area contributed by atoms with Crippen molar-refractivity contribution in [2.75, 3.05) is 31.6 Å². The maximum absolute atomic E-state index is 11.3. The Bertz CT molecular complexity index is 352. The fraction of sp³-hybridized carbons (Fsp3) is 1.00. The molecule has 18 heavy (non-hydrogen) atoms. The van der Waals surface area contributed by atoms with Crippen LogP contribution in [-0.2, 0) is 9.84 Å². The van der Waals surface area contributed by atoms with Crippen LogP contribution in [0.3, 0.4) is 0 Å². The third kappa shape index (κ3) is 4.86. The highest BCUT2D eigenvalue weighted by molar-refractivity contribution is 7.90. The predicted molar refractivity (Wildman–Crippen MR) is 76.5 cm³/mol. The third-order valence-electron chi connectivity index (χ3n) is 3.81. The summed E-state index contributed by atoms with van der Waals surface area (Å²) < 4.78 is 22.6. The molecular formula is C13H28N2O2S. The molecule has 0 radical (unpaired) electrons. The van der Waals surface area contributed by atoms with E-state index >= 15 is 0 Å². The summed E-state index contributed by atoms with van der Waals surface area (Å²) >= 11 is 0. The first-order chi connectivity index (χ1) is 8.20. The predicted octanol–water partition coefficient (Wildman–Crippen LogP) is 0.985. The highest BCUT2D eigenvalue weighted by Crippen LogP contribution is 2.18. The molecule has 0 aromatic carbocycles. The van der Waals surface area contributed by atoms with Crippen molar-refractivity contribution in [3.63, 3.8) is 0 Å². The van der Waals surface area contributed by atoms with Crippen molar-refractivity contribution in [1.29, 1.82) is 0 Å². The van der Waals surface area contributed by atoms with Crippen molar-refractivity contribution in [1.82, 2.24) is 10.2 Å². The Kier molecular flexibility index (Phi) is 5.62. The van der Waals surface area contributed by atoms with E-state index in [1.807, 2.05) is 0 Å². The summed E-state index contributed by atoms with van der Waals surface area (Å²) in [5.74, 6) is 1.39. The van der Waals surface area contributed by atoms with Crippen molar-refractivity contribution in [2.24, 2.45) is 11.8 Å². The normalized spacial score (nSPS) is 27.1. The highest BCUT2D eigenvalue weighted by Gasteiger charge is 2.31. The van der Waals surface area contributed by atoms with Gasteiger partial charge in [0.15, 0.2) is 0 Å². The Balaban J connectivity index is 2.66. The Morgan fingerprint density at radius 3 is 2.28 bits per heavy atom. The van der Waals surface area contributed by atoms with E-state index in [9.17, 15) is 8.42 Å².